The quantitative estimate of drug-likeness (QED) is 0.733. The highest BCUT2D eigenvalue weighted by molar-refractivity contribution is 9.10. The lowest BCUT2D eigenvalue weighted by atomic mass is 10.2. The van der Waals surface area contributed by atoms with Crippen LogP contribution in [-0.4, -0.2) is 25.9 Å². The van der Waals surface area contributed by atoms with Gasteiger partial charge in [-0.2, -0.15) is 10.2 Å². The standard InChI is InChI=1S/C15H13BrFN5O/c1-9-6-13(19-15(23)14-11(16)7-18-20-14)21-22(9)8-10-4-2-3-5-12(10)17/h2-7H,8H2,1H3,(H,18,20)(H,19,21,23). The summed E-state index contributed by atoms with van der Waals surface area (Å²) in [6.45, 7) is 2.14. The summed E-state index contributed by atoms with van der Waals surface area (Å²) in [7, 11) is 0. The van der Waals surface area contributed by atoms with Gasteiger partial charge in [0.2, 0.25) is 0 Å². The van der Waals surface area contributed by atoms with E-state index in [0.717, 1.165) is 5.69 Å². The normalized spacial score (nSPS) is 10.7. The number of aromatic amines is 1. The lowest BCUT2D eigenvalue weighted by Gasteiger charge is -2.05. The first-order chi connectivity index (χ1) is 11.0. The van der Waals surface area contributed by atoms with Gasteiger partial charge < -0.3 is 5.32 Å². The van der Waals surface area contributed by atoms with E-state index < -0.39 is 0 Å². The number of aryl methyl sites for hydroxylation is 1. The van der Waals surface area contributed by atoms with Crippen molar-refractivity contribution < 1.29 is 9.18 Å². The molecule has 6 nitrogen and oxygen atoms in total. The number of amides is 1. The number of halogens is 2. The second-order valence-corrected chi connectivity index (χ2v) is 5.82. The van der Waals surface area contributed by atoms with Gasteiger partial charge in [0.15, 0.2) is 5.82 Å². The molecule has 0 bridgehead atoms. The zero-order valence-corrected chi connectivity index (χ0v) is 13.8. The molecule has 0 saturated carbocycles. The Morgan fingerprint density at radius 2 is 2.22 bits per heavy atom. The Morgan fingerprint density at radius 3 is 2.91 bits per heavy atom. The molecule has 0 aliphatic heterocycles. The van der Waals surface area contributed by atoms with Crippen molar-refractivity contribution in [2.45, 2.75) is 13.5 Å². The van der Waals surface area contributed by atoms with Gasteiger partial charge in [0.1, 0.15) is 11.5 Å². The van der Waals surface area contributed by atoms with Gasteiger partial charge in [-0.1, -0.05) is 18.2 Å². The van der Waals surface area contributed by atoms with E-state index in [1.807, 2.05) is 6.92 Å². The minimum Gasteiger partial charge on any atom is -0.304 e. The Bertz CT molecular complexity index is 857. The van der Waals surface area contributed by atoms with Gasteiger partial charge in [0, 0.05) is 17.3 Å². The molecular formula is C15H13BrFN5O. The summed E-state index contributed by atoms with van der Waals surface area (Å²) in [6.07, 6.45) is 1.50. The molecule has 2 N–H and O–H groups in total. The van der Waals surface area contributed by atoms with Gasteiger partial charge in [-0.05, 0) is 28.9 Å². The van der Waals surface area contributed by atoms with Gasteiger partial charge in [-0.3, -0.25) is 14.6 Å². The zero-order valence-electron chi connectivity index (χ0n) is 12.2. The summed E-state index contributed by atoms with van der Waals surface area (Å²) >= 11 is 3.23. The van der Waals surface area contributed by atoms with E-state index >= 15 is 0 Å². The number of hydrogen-bond acceptors (Lipinski definition) is 3. The third kappa shape index (κ3) is 3.31. The Morgan fingerprint density at radius 1 is 1.43 bits per heavy atom. The molecule has 0 aliphatic carbocycles. The van der Waals surface area contributed by atoms with Crippen LogP contribution in [0.25, 0.3) is 0 Å². The topological polar surface area (TPSA) is 75.6 Å². The van der Waals surface area contributed by atoms with Crippen LogP contribution in [0.15, 0.2) is 41.0 Å². The van der Waals surface area contributed by atoms with E-state index in [4.69, 9.17) is 0 Å². The van der Waals surface area contributed by atoms with Crippen LogP contribution in [0.2, 0.25) is 0 Å². The van der Waals surface area contributed by atoms with Crippen LogP contribution in [0.3, 0.4) is 0 Å². The Hall–Kier alpha value is -2.48. The van der Waals surface area contributed by atoms with E-state index in [1.54, 1.807) is 28.9 Å². The maximum atomic E-state index is 13.7. The minimum atomic E-state index is -0.357. The summed E-state index contributed by atoms with van der Waals surface area (Å²) in [6, 6.07) is 8.25. The summed E-state index contributed by atoms with van der Waals surface area (Å²) in [5.41, 5.74) is 1.66. The summed E-state index contributed by atoms with van der Waals surface area (Å²) < 4.78 is 15.9. The molecule has 2 aromatic heterocycles. The highest BCUT2D eigenvalue weighted by Gasteiger charge is 2.15. The maximum Gasteiger partial charge on any atom is 0.276 e. The fourth-order valence-corrected chi connectivity index (χ4v) is 2.50. The van der Waals surface area contributed by atoms with Crippen molar-refractivity contribution in [3.05, 3.63) is 63.8 Å². The first-order valence-corrected chi connectivity index (χ1v) is 7.62. The second-order valence-electron chi connectivity index (χ2n) is 4.97. The van der Waals surface area contributed by atoms with Gasteiger partial charge in [0.25, 0.3) is 5.91 Å². The number of nitrogens with one attached hydrogen (secondary N) is 2. The lowest BCUT2D eigenvalue weighted by Crippen LogP contribution is -2.14. The second kappa shape index (κ2) is 6.33. The molecule has 23 heavy (non-hydrogen) atoms. The lowest BCUT2D eigenvalue weighted by molar-refractivity contribution is 0.102. The van der Waals surface area contributed by atoms with Crippen molar-refractivity contribution in [1.29, 1.82) is 0 Å². The van der Waals surface area contributed by atoms with Crippen molar-refractivity contribution in [3.63, 3.8) is 0 Å². The molecule has 0 fully saturated rings. The molecule has 0 saturated heterocycles. The number of carbonyl (C=O) groups excluding carboxylic acids is 1. The molecular weight excluding hydrogens is 365 g/mol. The highest BCUT2D eigenvalue weighted by atomic mass is 79.9. The number of benzene rings is 1. The van der Waals surface area contributed by atoms with Gasteiger partial charge in [-0.25, -0.2) is 4.39 Å². The van der Waals surface area contributed by atoms with Crippen LogP contribution in [0, 0.1) is 12.7 Å². The van der Waals surface area contributed by atoms with E-state index in [2.05, 4.69) is 36.5 Å². The van der Waals surface area contributed by atoms with Gasteiger partial charge >= 0.3 is 0 Å². The number of H-pyrrole nitrogens is 1. The average molecular weight is 378 g/mol. The number of carbonyl (C=O) groups is 1. The summed E-state index contributed by atoms with van der Waals surface area (Å²) in [4.78, 5) is 12.1. The van der Waals surface area contributed by atoms with Crippen LogP contribution in [0.1, 0.15) is 21.7 Å². The Balaban J connectivity index is 1.77. The number of anilines is 1. The maximum absolute atomic E-state index is 13.7. The third-order valence-corrected chi connectivity index (χ3v) is 3.92. The number of aromatic nitrogens is 4. The zero-order chi connectivity index (χ0) is 16.4. The van der Waals surface area contributed by atoms with Crippen molar-refractivity contribution in [2.75, 3.05) is 5.32 Å². The molecule has 2 heterocycles. The molecule has 0 atom stereocenters. The summed E-state index contributed by atoms with van der Waals surface area (Å²) in [5.74, 6) is -0.246. The minimum absolute atomic E-state index is 0.283. The van der Waals surface area contributed by atoms with Crippen LogP contribution >= 0.6 is 15.9 Å². The number of nitrogens with zero attached hydrogens (tertiary/aromatic N) is 3. The predicted octanol–water partition coefficient (Wildman–Crippen LogP) is 3.12. The predicted molar refractivity (Wildman–Crippen MR) is 86.7 cm³/mol. The van der Waals surface area contributed by atoms with Crippen LogP contribution in [0.5, 0.6) is 0 Å². The van der Waals surface area contributed by atoms with E-state index in [-0.39, 0.29) is 11.7 Å². The number of rotatable bonds is 4. The van der Waals surface area contributed by atoms with Crippen molar-refractivity contribution in [2.24, 2.45) is 0 Å². The fourth-order valence-electron chi connectivity index (χ4n) is 2.13. The fraction of sp³-hybridized carbons (Fsp3) is 0.133. The Kier molecular flexibility index (Phi) is 4.24. The van der Waals surface area contributed by atoms with Crippen molar-refractivity contribution in [3.8, 4) is 0 Å². The third-order valence-electron chi connectivity index (χ3n) is 3.32. The molecule has 118 valence electrons. The highest BCUT2D eigenvalue weighted by Crippen LogP contribution is 2.16. The van der Waals surface area contributed by atoms with Crippen LogP contribution in [-0.2, 0) is 6.54 Å². The smallest absolute Gasteiger partial charge is 0.276 e. The van der Waals surface area contributed by atoms with Crippen molar-refractivity contribution >= 4 is 27.7 Å². The van der Waals surface area contributed by atoms with Gasteiger partial charge in [0.05, 0.1) is 17.2 Å². The van der Waals surface area contributed by atoms with E-state index in [1.165, 1.54) is 12.3 Å². The van der Waals surface area contributed by atoms with Gasteiger partial charge in [-0.15, -0.1) is 0 Å². The van der Waals surface area contributed by atoms with Crippen molar-refractivity contribution in [1.82, 2.24) is 20.0 Å². The monoisotopic (exact) mass is 377 g/mol. The summed E-state index contributed by atoms with van der Waals surface area (Å²) in [5, 5.41) is 13.3. The molecule has 0 aliphatic rings. The molecule has 1 aromatic carbocycles. The molecule has 3 aromatic rings. The molecule has 3 rings (SSSR count). The first-order valence-electron chi connectivity index (χ1n) is 6.82. The first kappa shape index (κ1) is 15.4. The van der Waals surface area contributed by atoms with E-state index in [0.29, 0.717) is 28.1 Å². The molecule has 1 amide bonds. The molecule has 8 heteroatoms. The SMILES string of the molecule is Cc1cc(NC(=O)c2[nH]ncc2Br)nn1Cc1ccccc1F. The van der Waals surface area contributed by atoms with Crippen LogP contribution in [0.4, 0.5) is 10.2 Å². The Labute approximate surface area is 139 Å². The average Bonchev–Trinajstić information content (AvgIpc) is 3.08. The largest absolute Gasteiger partial charge is 0.304 e. The van der Waals surface area contributed by atoms with Crippen LogP contribution < -0.4 is 5.32 Å². The van der Waals surface area contributed by atoms with E-state index in [9.17, 15) is 9.18 Å². The molecule has 0 radical (unpaired) electrons. The molecule has 0 spiro atoms. The number of hydrogen-bond donors (Lipinski definition) is 2. The molecule has 0 unspecified atom stereocenters.